The van der Waals surface area contributed by atoms with Gasteiger partial charge in [0.05, 0.1) is 0 Å². The molecule has 0 atom stereocenters. The molecule has 0 aromatic heterocycles. The molecule has 0 saturated heterocycles. The van der Waals surface area contributed by atoms with E-state index in [0.717, 1.165) is 0 Å². The van der Waals surface area contributed by atoms with Crippen molar-refractivity contribution in [1.29, 1.82) is 0 Å². The van der Waals surface area contributed by atoms with Crippen LogP contribution >= 0.6 is 0 Å². The van der Waals surface area contributed by atoms with Crippen LogP contribution in [0.25, 0.3) is 0 Å². The maximum Gasteiger partial charge on any atom is -0.0323 e. The maximum atomic E-state index is 2.47. The summed E-state index contributed by atoms with van der Waals surface area (Å²) in [6.45, 7) is 6.79. The van der Waals surface area contributed by atoms with Gasteiger partial charge >= 0.3 is 0 Å². The molecule has 0 aromatic rings. The third-order valence-electron chi connectivity index (χ3n) is 2.13. The molecule has 0 heteroatoms. The molecule has 0 amide bonds. The van der Waals surface area contributed by atoms with E-state index >= 15 is 0 Å². The minimum atomic E-state index is 1.30. The molecule has 72 valence electrons. The highest BCUT2D eigenvalue weighted by atomic mass is 14.0. The summed E-state index contributed by atoms with van der Waals surface area (Å²) in [4.78, 5) is 0. The summed E-state index contributed by atoms with van der Waals surface area (Å²) in [6.07, 6.45) is 11.7. The predicted molar refractivity (Wildman–Crippen MR) is 57.4 cm³/mol. The normalized spacial score (nSPS) is 9.92. The molecule has 0 aliphatic carbocycles. The molecule has 0 aliphatic heterocycles. The number of rotatable bonds is 7. The second-order valence-electron chi connectivity index (χ2n) is 3.50. The molecule has 0 bridgehead atoms. The second kappa shape index (κ2) is 8.83. The van der Waals surface area contributed by atoms with Gasteiger partial charge in [-0.25, -0.2) is 0 Å². The summed E-state index contributed by atoms with van der Waals surface area (Å²) in [5, 5.41) is 0. The van der Waals surface area contributed by atoms with Crippen LogP contribution in [0, 0.1) is 0 Å². The minimum Gasteiger partial charge on any atom is -0.0853 e. The highest BCUT2D eigenvalue weighted by molar-refractivity contribution is 5.01. The summed E-state index contributed by atoms with van der Waals surface area (Å²) >= 11 is 0. The third kappa shape index (κ3) is 6.45. The molecule has 0 heterocycles. The number of unbranched alkanes of at least 4 members (excludes halogenated alkanes) is 2. The SMILES string of the molecule is CCCCC=C(CCC)CCC. The third-order valence-corrected chi connectivity index (χ3v) is 2.13. The molecule has 0 aliphatic rings. The fourth-order valence-electron chi connectivity index (χ4n) is 1.48. The van der Waals surface area contributed by atoms with Crippen molar-refractivity contribution in [3.8, 4) is 0 Å². The zero-order chi connectivity index (χ0) is 9.23. The van der Waals surface area contributed by atoms with Crippen LogP contribution in [0.4, 0.5) is 0 Å². The first kappa shape index (κ1) is 11.7. The van der Waals surface area contributed by atoms with Crippen LogP contribution in [0.2, 0.25) is 0 Å². The van der Waals surface area contributed by atoms with Crippen LogP contribution in [0.1, 0.15) is 65.7 Å². The molecule has 0 nitrogen and oxygen atoms in total. The number of hydrogen-bond acceptors (Lipinski definition) is 0. The highest BCUT2D eigenvalue weighted by Crippen LogP contribution is 2.13. The van der Waals surface area contributed by atoms with Gasteiger partial charge in [-0.2, -0.15) is 0 Å². The summed E-state index contributed by atoms with van der Waals surface area (Å²) in [5.41, 5.74) is 1.69. The van der Waals surface area contributed by atoms with E-state index in [1.165, 1.54) is 44.9 Å². The van der Waals surface area contributed by atoms with Crippen LogP contribution in [-0.2, 0) is 0 Å². The van der Waals surface area contributed by atoms with Crippen molar-refractivity contribution in [2.45, 2.75) is 65.7 Å². The van der Waals surface area contributed by atoms with E-state index in [1.807, 2.05) is 0 Å². The zero-order valence-electron chi connectivity index (χ0n) is 9.03. The van der Waals surface area contributed by atoms with Gasteiger partial charge in [-0.1, -0.05) is 58.1 Å². The first-order valence-corrected chi connectivity index (χ1v) is 5.53. The van der Waals surface area contributed by atoms with E-state index in [9.17, 15) is 0 Å². The van der Waals surface area contributed by atoms with E-state index in [1.54, 1.807) is 5.57 Å². The van der Waals surface area contributed by atoms with Crippen molar-refractivity contribution in [3.63, 3.8) is 0 Å². The van der Waals surface area contributed by atoms with Gasteiger partial charge in [0.15, 0.2) is 0 Å². The summed E-state index contributed by atoms with van der Waals surface area (Å²) in [7, 11) is 0. The van der Waals surface area contributed by atoms with Gasteiger partial charge in [-0.15, -0.1) is 0 Å². The van der Waals surface area contributed by atoms with Gasteiger partial charge in [0.1, 0.15) is 0 Å². The Morgan fingerprint density at radius 1 is 0.917 bits per heavy atom. The van der Waals surface area contributed by atoms with Gasteiger partial charge in [0.25, 0.3) is 0 Å². The summed E-state index contributed by atoms with van der Waals surface area (Å²) in [6, 6.07) is 0. The van der Waals surface area contributed by atoms with Gasteiger partial charge in [0, 0.05) is 0 Å². The van der Waals surface area contributed by atoms with Crippen LogP contribution in [0.15, 0.2) is 11.6 Å². The Balaban J connectivity index is 3.64. The molecule has 0 fully saturated rings. The van der Waals surface area contributed by atoms with Crippen molar-refractivity contribution in [2.75, 3.05) is 0 Å². The Kier molecular flexibility index (Phi) is 8.64. The highest BCUT2D eigenvalue weighted by Gasteiger charge is 1.93. The van der Waals surface area contributed by atoms with Crippen molar-refractivity contribution in [2.24, 2.45) is 0 Å². The fraction of sp³-hybridized carbons (Fsp3) is 0.833. The molecule has 12 heavy (non-hydrogen) atoms. The van der Waals surface area contributed by atoms with E-state index in [0.29, 0.717) is 0 Å². The van der Waals surface area contributed by atoms with Gasteiger partial charge in [-0.3, -0.25) is 0 Å². The summed E-state index contributed by atoms with van der Waals surface area (Å²) in [5.74, 6) is 0. The van der Waals surface area contributed by atoms with Crippen molar-refractivity contribution < 1.29 is 0 Å². The molecule has 0 unspecified atom stereocenters. The lowest BCUT2D eigenvalue weighted by Crippen LogP contribution is -1.83. The fourth-order valence-corrected chi connectivity index (χ4v) is 1.48. The monoisotopic (exact) mass is 168 g/mol. The lowest BCUT2D eigenvalue weighted by Gasteiger charge is -2.03. The Morgan fingerprint density at radius 2 is 1.50 bits per heavy atom. The zero-order valence-corrected chi connectivity index (χ0v) is 9.03. The molecular formula is C12H24. The first-order chi connectivity index (χ1) is 5.85. The molecule has 0 aromatic carbocycles. The van der Waals surface area contributed by atoms with Crippen molar-refractivity contribution >= 4 is 0 Å². The van der Waals surface area contributed by atoms with E-state index < -0.39 is 0 Å². The Morgan fingerprint density at radius 3 is 1.92 bits per heavy atom. The van der Waals surface area contributed by atoms with Crippen LogP contribution in [0.5, 0.6) is 0 Å². The Labute approximate surface area is 78.1 Å². The summed E-state index contributed by atoms with van der Waals surface area (Å²) < 4.78 is 0. The standard InChI is InChI=1S/C12H24/c1-4-7-8-11-12(9-5-2)10-6-3/h11H,4-10H2,1-3H3. The van der Waals surface area contributed by atoms with Crippen LogP contribution in [-0.4, -0.2) is 0 Å². The van der Waals surface area contributed by atoms with E-state index in [4.69, 9.17) is 0 Å². The van der Waals surface area contributed by atoms with Gasteiger partial charge in [0.2, 0.25) is 0 Å². The van der Waals surface area contributed by atoms with Gasteiger partial charge in [-0.05, 0) is 19.3 Å². The minimum absolute atomic E-state index is 1.30. The molecule has 0 N–H and O–H groups in total. The lowest BCUT2D eigenvalue weighted by molar-refractivity contribution is 0.767. The van der Waals surface area contributed by atoms with Crippen LogP contribution < -0.4 is 0 Å². The second-order valence-corrected chi connectivity index (χ2v) is 3.50. The van der Waals surface area contributed by atoms with E-state index in [-0.39, 0.29) is 0 Å². The topological polar surface area (TPSA) is 0 Å². The molecule has 0 saturated carbocycles. The maximum absolute atomic E-state index is 2.47. The van der Waals surface area contributed by atoms with Crippen molar-refractivity contribution in [1.82, 2.24) is 0 Å². The average molecular weight is 168 g/mol. The van der Waals surface area contributed by atoms with E-state index in [2.05, 4.69) is 26.8 Å². The number of allylic oxidation sites excluding steroid dienone is 2. The Bertz CT molecular complexity index is 103. The molecular weight excluding hydrogens is 144 g/mol. The smallest absolute Gasteiger partial charge is 0.0323 e. The molecule has 0 spiro atoms. The van der Waals surface area contributed by atoms with Gasteiger partial charge < -0.3 is 0 Å². The quantitative estimate of drug-likeness (QED) is 0.382. The Hall–Kier alpha value is -0.260. The predicted octanol–water partition coefficient (Wildman–Crippen LogP) is 4.70. The molecule has 0 rings (SSSR count). The van der Waals surface area contributed by atoms with Crippen molar-refractivity contribution in [3.05, 3.63) is 11.6 Å². The lowest BCUT2D eigenvalue weighted by atomic mass is 10.0. The largest absolute Gasteiger partial charge is 0.0853 e. The first-order valence-electron chi connectivity index (χ1n) is 5.53. The van der Waals surface area contributed by atoms with Crippen LogP contribution in [0.3, 0.4) is 0 Å². The number of hydrogen-bond donors (Lipinski definition) is 0. The average Bonchev–Trinajstić information content (AvgIpc) is 2.06. The molecule has 0 radical (unpaired) electrons.